The number of hydrogen-bond acceptors (Lipinski definition) is 2. The van der Waals surface area contributed by atoms with Gasteiger partial charge in [0.15, 0.2) is 0 Å². The summed E-state index contributed by atoms with van der Waals surface area (Å²) in [6.45, 7) is 0.521. The fourth-order valence-electron chi connectivity index (χ4n) is 1.43. The molecule has 0 saturated carbocycles. The Labute approximate surface area is 102 Å². The topological polar surface area (TPSA) is 26.0 Å². The van der Waals surface area contributed by atoms with Gasteiger partial charge in [-0.05, 0) is 30.7 Å². The molecule has 0 aliphatic rings. The van der Waals surface area contributed by atoms with E-state index in [1.54, 1.807) is 5.38 Å². The highest BCUT2D eigenvalue weighted by atomic mass is 35.5. The van der Waals surface area contributed by atoms with Gasteiger partial charge in [0.25, 0.3) is 0 Å². The Kier molecular flexibility index (Phi) is 4.34. The Morgan fingerprint density at radius 1 is 1.40 bits per heavy atom. The molecule has 0 bridgehead atoms. The van der Waals surface area contributed by atoms with Gasteiger partial charge in [0.2, 0.25) is 0 Å². The normalized spacial score (nSPS) is 10.3. The quantitative estimate of drug-likeness (QED) is 0.882. The van der Waals surface area contributed by atoms with Gasteiger partial charge in [-0.2, -0.15) is 0 Å². The van der Waals surface area contributed by atoms with Crippen LogP contribution in [0.15, 0.2) is 17.5 Å². The highest BCUT2D eigenvalue weighted by Gasteiger charge is 2.08. The molecule has 0 atom stereocenters. The van der Waals surface area contributed by atoms with E-state index in [0.717, 1.165) is 10.9 Å². The van der Waals surface area contributed by atoms with Gasteiger partial charge in [0.05, 0.1) is 9.72 Å². The fraction of sp³-hybridized carbons (Fsp3) is 0.200. The third-order valence-corrected chi connectivity index (χ3v) is 3.52. The van der Waals surface area contributed by atoms with Crippen LogP contribution >= 0.6 is 35.3 Å². The molecule has 0 fully saturated rings. The zero-order chi connectivity index (χ0) is 10.1. The molecule has 2 aromatic rings. The standard InChI is InChI=1S/C10H9ClFNS.ClH/c11-8-5-14-10-7(8)3-6(1-2-13)4-9(10)12;/h3-5H,1-2,13H2;1H. The maximum atomic E-state index is 13.5. The van der Waals surface area contributed by atoms with Crippen molar-refractivity contribution in [1.82, 2.24) is 0 Å². The van der Waals surface area contributed by atoms with E-state index in [1.165, 1.54) is 17.4 Å². The average Bonchev–Trinajstić information content (AvgIpc) is 2.49. The largest absolute Gasteiger partial charge is 0.330 e. The molecule has 0 spiro atoms. The summed E-state index contributed by atoms with van der Waals surface area (Å²) in [6.07, 6.45) is 0.680. The van der Waals surface area contributed by atoms with Crippen LogP contribution in [0.5, 0.6) is 0 Å². The van der Waals surface area contributed by atoms with Crippen molar-refractivity contribution in [2.45, 2.75) is 6.42 Å². The minimum absolute atomic E-state index is 0. The van der Waals surface area contributed by atoms with E-state index in [2.05, 4.69) is 0 Å². The third kappa shape index (κ3) is 2.42. The minimum Gasteiger partial charge on any atom is -0.330 e. The first-order valence-corrected chi connectivity index (χ1v) is 5.53. The summed E-state index contributed by atoms with van der Waals surface area (Å²) in [5.74, 6) is -0.206. The summed E-state index contributed by atoms with van der Waals surface area (Å²) in [5, 5.41) is 3.16. The van der Waals surface area contributed by atoms with Gasteiger partial charge >= 0.3 is 0 Å². The molecule has 1 heterocycles. The molecule has 15 heavy (non-hydrogen) atoms. The van der Waals surface area contributed by atoms with Crippen molar-refractivity contribution in [1.29, 1.82) is 0 Å². The van der Waals surface area contributed by atoms with Crippen LogP contribution in [-0.4, -0.2) is 6.54 Å². The highest BCUT2D eigenvalue weighted by Crippen LogP contribution is 2.32. The molecular weight excluding hydrogens is 256 g/mol. The number of fused-ring (bicyclic) bond motifs is 1. The second kappa shape index (κ2) is 5.12. The van der Waals surface area contributed by atoms with E-state index in [4.69, 9.17) is 17.3 Å². The number of benzene rings is 1. The Balaban J connectivity index is 0.00000112. The molecule has 0 radical (unpaired) electrons. The zero-order valence-electron chi connectivity index (χ0n) is 7.80. The summed E-state index contributed by atoms with van der Waals surface area (Å²) in [7, 11) is 0. The lowest BCUT2D eigenvalue weighted by molar-refractivity contribution is 0.639. The SMILES string of the molecule is Cl.NCCc1cc(F)c2scc(Cl)c2c1. The van der Waals surface area contributed by atoms with Gasteiger partial charge in [0, 0.05) is 10.8 Å². The fourth-order valence-corrected chi connectivity index (χ4v) is 2.59. The van der Waals surface area contributed by atoms with Crippen molar-refractivity contribution in [2.24, 2.45) is 5.73 Å². The monoisotopic (exact) mass is 265 g/mol. The van der Waals surface area contributed by atoms with E-state index < -0.39 is 0 Å². The average molecular weight is 266 g/mol. The van der Waals surface area contributed by atoms with Gasteiger partial charge in [-0.15, -0.1) is 23.7 Å². The van der Waals surface area contributed by atoms with Crippen LogP contribution in [0.1, 0.15) is 5.56 Å². The van der Waals surface area contributed by atoms with Gasteiger partial charge in [-0.25, -0.2) is 4.39 Å². The number of thiophene rings is 1. The molecule has 2 N–H and O–H groups in total. The molecule has 0 aliphatic carbocycles. The first-order chi connectivity index (χ1) is 6.72. The number of nitrogens with two attached hydrogens (primary N) is 1. The van der Waals surface area contributed by atoms with Crippen LogP contribution < -0.4 is 5.73 Å². The third-order valence-electron chi connectivity index (χ3n) is 2.07. The number of halogens is 3. The lowest BCUT2D eigenvalue weighted by atomic mass is 10.1. The summed E-state index contributed by atoms with van der Waals surface area (Å²) in [6, 6.07) is 3.44. The molecule has 2 rings (SSSR count). The van der Waals surface area contributed by atoms with Gasteiger partial charge in [-0.1, -0.05) is 11.6 Å². The van der Waals surface area contributed by atoms with Crippen molar-refractivity contribution in [3.63, 3.8) is 0 Å². The van der Waals surface area contributed by atoms with Gasteiger partial charge in [-0.3, -0.25) is 0 Å². The maximum absolute atomic E-state index is 13.5. The van der Waals surface area contributed by atoms with E-state index in [9.17, 15) is 4.39 Å². The van der Waals surface area contributed by atoms with Crippen molar-refractivity contribution < 1.29 is 4.39 Å². The van der Waals surface area contributed by atoms with Crippen molar-refractivity contribution >= 4 is 45.4 Å². The molecule has 0 saturated heterocycles. The molecule has 5 heteroatoms. The van der Waals surface area contributed by atoms with E-state index >= 15 is 0 Å². The second-order valence-corrected chi connectivity index (χ2v) is 4.36. The summed E-state index contributed by atoms with van der Waals surface area (Å²) in [4.78, 5) is 0. The van der Waals surface area contributed by atoms with Gasteiger partial charge < -0.3 is 5.73 Å². The minimum atomic E-state index is -0.206. The molecule has 1 aromatic heterocycles. The Morgan fingerprint density at radius 3 is 2.80 bits per heavy atom. The van der Waals surface area contributed by atoms with E-state index in [0.29, 0.717) is 22.7 Å². The molecule has 0 amide bonds. The molecular formula is C10H10Cl2FNS. The van der Waals surface area contributed by atoms with Crippen LogP contribution in [0.25, 0.3) is 10.1 Å². The van der Waals surface area contributed by atoms with Crippen molar-refractivity contribution in [3.8, 4) is 0 Å². The van der Waals surface area contributed by atoms with Crippen LogP contribution in [0.3, 0.4) is 0 Å². The smallest absolute Gasteiger partial charge is 0.141 e. The van der Waals surface area contributed by atoms with Crippen LogP contribution in [0.4, 0.5) is 4.39 Å². The first kappa shape index (κ1) is 12.7. The Hall–Kier alpha value is -0.350. The van der Waals surface area contributed by atoms with Crippen LogP contribution in [-0.2, 0) is 6.42 Å². The zero-order valence-corrected chi connectivity index (χ0v) is 10.2. The summed E-state index contributed by atoms with van der Waals surface area (Å²) in [5.41, 5.74) is 6.32. The highest BCUT2D eigenvalue weighted by molar-refractivity contribution is 7.17. The molecule has 82 valence electrons. The predicted octanol–water partition coefficient (Wildman–Crippen LogP) is 3.62. The van der Waals surface area contributed by atoms with Crippen molar-refractivity contribution in [3.05, 3.63) is 33.9 Å². The summed E-state index contributed by atoms with van der Waals surface area (Å²) < 4.78 is 14.1. The van der Waals surface area contributed by atoms with Gasteiger partial charge in [0.1, 0.15) is 5.82 Å². The molecule has 0 unspecified atom stereocenters. The number of hydrogen-bond donors (Lipinski definition) is 1. The molecule has 1 nitrogen and oxygen atoms in total. The maximum Gasteiger partial charge on any atom is 0.141 e. The number of rotatable bonds is 2. The summed E-state index contributed by atoms with van der Waals surface area (Å²) >= 11 is 7.26. The molecule has 1 aromatic carbocycles. The Morgan fingerprint density at radius 2 is 2.13 bits per heavy atom. The lowest BCUT2D eigenvalue weighted by Crippen LogP contribution is -2.02. The molecule has 0 aliphatic heterocycles. The second-order valence-electron chi connectivity index (χ2n) is 3.08. The van der Waals surface area contributed by atoms with E-state index in [-0.39, 0.29) is 18.2 Å². The van der Waals surface area contributed by atoms with Crippen LogP contribution in [0.2, 0.25) is 5.02 Å². The van der Waals surface area contributed by atoms with E-state index in [1.807, 2.05) is 6.07 Å². The predicted molar refractivity (Wildman–Crippen MR) is 66.8 cm³/mol. The lowest BCUT2D eigenvalue weighted by Gasteiger charge is -2.00. The first-order valence-electron chi connectivity index (χ1n) is 4.27. The van der Waals surface area contributed by atoms with Crippen molar-refractivity contribution in [2.75, 3.05) is 6.54 Å². The van der Waals surface area contributed by atoms with Crippen LogP contribution in [0, 0.1) is 5.82 Å². The Bertz CT molecular complexity index is 470.